The first-order valence-electron chi connectivity index (χ1n) is 6.78. The maximum atomic E-state index is 11.6. The molecule has 0 heterocycles. The Balaban J connectivity index is 4.20. The smallest absolute Gasteiger partial charge is 0.326 e. The van der Waals surface area contributed by atoms with Crippen LogP contribution in [0.5, 0.6) is 0 Å². The summed E-state index contributed by atoms with van der Waals surface area (Å²) in [7, 11) is 1.23. The summed E-state index contributed by atoms with van der Waals surface area (Å²) >= 11 is 0. The van der Waals surface area contributed by atoms with E-state index in [0.29, 0.717) is 12.5 Å². The van der Waals surface area contributed by atoms with Gasteiger partial charge in [-0.3, -0.25) is 4.79 Å². The molecule has 7 nitrogen and oxygen atoms in total. The van der Waals surface area contributed by atoms with Gasteiger partial charge in [-0.1, -0.05) is 26.7 Å². The SMILES string of the molecule is CCC(CC)CNC(=O)N[C@H](CCC(=O)OC)C(=O)O. The Morgan fingerprint density at radius 3 is 2.25 bits per heavy atom. The van der Waals surface area contributed by atoms with Gasteiger partial charge in [0.25, 0.3) is 0 Å². The summed E-state index contributed by atoms with van der Waals surface area (Å²) in [6, 6.07) is -1.63. The number of aliphatic carboxylic acids is 1. The van der Waals surface area contributed by atoms with E-state index in [1.165, 1.54) is 7.11 Å². The summed E-state index contributed by atoms with van der Waals surface area (Å²) in [5.41, 5.74) is 0. The van der Waals surface area contributed by atoms with Gasteiger partial charge in [-0.05, 0) is 12.3 Å². The molecule has 0 spiro atoms. The lowest BCUT2D eigenvalue weighted by atomic mass is 10.0. The summed E-state index contributed by atoms with van der Waals surface area (Å²) in [6.45, 7) is 4.57. The third kappa shape index (κ3) is 7.60. The van der Waals surface area contributed by atoms with Crippen LogP contribution in [0.4, 0.5) is 4.79 Å². The number of carboxylic acids is 1. The lowest BCUT2D eigenvalue weighted by Crippen LogP contribution is -2.47. The molecule has 0 aliphatic carbocycles. The zero-order valence-corrected chi connectivity index (χ0v) is 12.3. The second kappa shape index (κ2) is 10.1. The molecule has 20 heavy (non-hydrogen) atoms. The Hall–Kier alpha value is -1.79. The number of carboxylic acid groups (broad SMARTS) is 1. The maximum absolute atomic E-state index is 11.6. The molecule has 0 rings (SSSR count). The van der Waals surface area contributed by atoms with Crippen LogP contribution < -0.4 is 10.6 Å². The average molecular weight is 288 g/mol. The molecular weight excluding hydrogens is 264 g/mol. The van der Waals surface area contributed by atoms with Crippen molar-refractivity contribution in [2.75, 3.05) is 13.7 Å². The molecule has 0 aliphatic rings. The first-order chi connectivity index (χ1) is 9.44. The Morgan fingerprint density at radius 1 is 1.20 bits per heavy atom. The Bertz CT molecular complexity index is 329. The highest BCUT2D eigenvalue weighted by molar-refractivity contribution is 5.83. The van der Waals surface area contributed by atoms with Gasteiger partial charge < -0.3 is 20.5 Å². The summed E-state index contributed by atoms with van der Waals surface area (Å²) < 4.78 is 4.43. The third-order valence-corrected chi connectivity index (χ3v) is 3.17. The molecular formula is C13H24N2O5. The first-order valence-corrected chi connectivity index (χ1v) is 6.78. The lowest BCUT2D eigenvalue weighted by molar-refractivity contribution is -0.142. The van der Waals surface area contributed by atoms with Gasteiger partial charge in [0.05, 0.1) is 7.11 Å². The molecule has 116 valence electrons. The van der Waals surface area contributed by atoms with E-state index in [0.717, 1.165) is 12.8 Å². The van der Waals surface area contributed by atoms with Crippen LogP contribution in [0.25, 0.3) is 0 Å². The molecule has 2 amide bonds. The molecule has 0 aromatic rings. The molecule has 1 atom stereocenters. The van der Waals surface area contributed by atoms with E-state index < -0.39 is 24.0 Å². The number of hydrogen-bond donors (Lipinski definition) is 3. The van der Waals surface area contributed by atoms with Crippen LogP contribution in [-0.2, 0) is 14.3 Å². The highest BCUT2D eigenvalue weighted by Crippen LogP contribution is 2.05. The molecule has 0 fully saturated rings. The van der Waals surface area contributed by atoms with Gasteiger partial charge in [-0.15, -0.1) is 0 Å². The maximum Gasteiger partial charge on any atom is 0.326 e. The van der Waals surface area contributed by atoms with Crippen molar-refractivity contribution in [2.45, 2.75) is 45.6 Å². The molecule has 0 aromatic carbocycles. The molecule has 7 heteroatoms. The second-order valence-electron chi connectivity index (χ2n) is 4.54. The standard InChI is InChI=1S/C13H24N2O5/c1-4-9(5-2)8-14-13(19)15-10(12(17)18)6-7-11(16)20-3/h9-10H,4-8H2,1-3H3,(H,17,18)(H2,14,15,19)/t10-/m1/s1. The molecule has 0 saturated heterocycles. The fourth-order valence-electron chi connectivity index (χ4n) is 1.65. The van der Waals surface area contributed by atoms with E-state index in [2.05, 4.69) is 15.4 Å². The number of amides is 2. The van der Waals surface area contributed by atoms with Crippen LogP contribution in [0.3, 0.4) is 0 Å². The van der Waals surface area contributed by atoms with Gasteiger partial charge in [-0.2, -0.15) is 0 Å². The highest BCUT2D eigenvalue weighted by atomic mass is 16.5. The number of carbonyl (C=O) groups is 3. The average Bonchev–Trinajstić information content (AvgIpc) is 2.43. The van der Waals surface area contributed by atoms with Crippen LogP contribution in [-0.4, -0.2) is 42.8 Å². The van der Waals surface area contributed by atoms with Crippen LogP contribution in [0.1, 0.15) is 39.5 Å². The Morgan fingerprint density at radius 2 is 1.80 bits per heavy atom. The minimum atomic E-state index is -1.17. The van der Waals surface area contributed by atoms with E-state index in [4.69, 9.17) is 5.11 Å². The molecule has 0 aromatic heterocycles. The van der Waals surface area contributed by atoms with E-state index in [9.17, 15) is 14.4 Å². The van der Waals surface area contributed by atoms with Crippen LogP contribution in [0, 0.1) is 5.92 Å². The molecule has 0 radical (unpaired) electrons. The quantitative estimate of drug-likeness (QED) is 0.552. The normalized spacial score (nSPS) is 11.8. The van der Waals surface area contributed by atoms with E-state index in [1.807, 2.05) is 13.8 Å². The molecule has 0 bridgehead atoms. The van der Waals surface area contributed by atoms with Crippen LogP contribution >= 0.6 is 0 Å². The molecule has 0 unspecified atom stereocenters. The van der Waals surface area contributed by atoms with Crippen molar-refractivity contribution < 1.29 is 24.2 Å². The number of carbonyl (C=O) groups excluding carboxylic acids is 2. The van der Waals surface area contributed by atoms with Gasteiger partial charge in [0.2, 0.25) is 0 Å². The van der Waals surface area contributed by atoms with Crippen molar-refractivity contribution in [2.24, 2.45) is 5.92 Å². The predicted octanol–water partition coefficient (Wildman–Crippen LogP) is 1.13. The topological polar surface area (TPSA) is 105 Å². The number of hydrogen-bond acceptors (Lipinski definition) is 4. The van der Waals surface area contributed by atoms with Gasteiger partial charge in [0.1, 0.15) is 6.04 Å². The van der Waals surface area contributed by atoms with Crippen LogP contribution in [0.15, 0.2) is 0 Å². The van der Waals surface area contributed by atoms with Crippen LogP contribution in [0.2, 0.25) is 0 Å². The second-order valence-corrected chi connectivity index (χ2v) is 4.54. The van der Waals surface area contributed by atoms with Crippen molar-refractivity contribution in [3.05, 3.63) is 0 Å². The first kappa shape index (κ1) is 18.2. The van der Waals surface area contributed by atoms with Gasteiger partial charge in [0.15, 0.2) is 0 Å². The fourth-order valence-corrected chi connectivity index (χ4v) is 1.65. The Labute approximate surface area is 119 Å². The minimum Gasteiger partial charge on any atom is -0.480 e. The minimum absolute atomic E-state index is 0.000408. The number of esters is 1. The van der Waals surface area contributed by atoms with Crippen molar-refractivity contribution in [3.63, 3.8) is 0 Å². The van der Waals surface area contributed by atoms with Crippen molar-refractivity contribution in [1.82, 2.24) is 10.6 Å². The summed E-state index contributed by atoms with van der Waals surface area (Å²) in [4.78, 5) is 33.6. The zero-order valence-electron chi connectivity index (χ0n) is 12.3. The largest absolute Gasteiger partial charge is 0.480 e. The van der Waals surface area contributed by atoms with Crippen molar-refractivity contribution in [3.8, 4) is 0 Å². The molecule has 0 saturated carbocycles. The van der Waals surface area contributed by atoms with E-state index in [-0.39, 0.29) is 12.8 Å². The zero-order chi connectivity index (χ0) is 15.5. The van der Waals surface area contributed by atoms with Crippen molar-refractivity contribution in [1.29, 1.82) is 0 Å². The van der Waals surface area contributed by atoms with Crippen molar-refractivity contribution >= 4 is 18.0 Å². The predicted molar refractivity (Wildman–Crippen MR) is 73.3 cm³/mol. The number of methoxy groups -OCH3 is 1. The highest BCUT2D eigenvalue weighted by Gasteiger charge is 2.21. The third-order valence-electron chi connectivity index (χ3n) is 3.17. The van der Waals surface area contributed by atoms with Gasteiger partial charge in [-0.25, -0.2) is 9.59 Å². The summed E-state index contributed by atoms with van der Waals surface area (Å²) in [5, 5.41) is 14.0. The number of nitrogens with one attached hydrogen (secondary N) is 2. The number of ether oxygens (including phenoxy) is 1. The number of rotatable bonds is 9. The summed E-state index contributed by atoms with van der Waals surface area (Å²) in [5.74, 6) is -1.30. The van der Waals surface area contributed by atoms with Gasteiger partial charge in [0, 0.05) is 13.0 Å². The monoisotopic (exact) mass is 288 g/mol. The fraction of sp³-hybridized carbons (Fsp3) is 0.769. The lowest BCUT2D eigenvalue weighted by Gasteiger charge is -2.17. The Kier molecular flexibility index (Phi) is 9.15. The molecule has 0 aliphatic heterocycles. The molecule has 3 N–H and O–H groups in total. The van der Waals surface area contributed by atoms with Gasteiger partial charge >= 0.3 is 18.0 Å². The van der Waals surface area contributed by atoms with E-state index >= 15 is 0 Å². The summed E-state index contributed by atoms with van der Waals surface area (Å²) in [6.07, 6.45) is 1.84. The number of urea groups is 1. The van der Waals surface area contributed by atoms with E-state index in [1.54, 1.807) is 0 Å².